The predicted octanol–water partition coefficient (Wildman–Crippen LogP) is 3.55. The molecular formula is C14H17N3O2S2. The number of carbonyl (C=O) groups is 1. The topological polar surface area (TPSA) is 64.1 Å². The lowest BCUT2D eigenvalue weighted by molar-refractivity contribution is -0.139. The highest BCUT2D eigenvalue weighted by Gasteiger charge is 2.17. The number of hydrogen-bond acceptors (Lipinski definition) is 7. The van der Waals surface area contributed by atoms with Gasteiger partial charge in [-0.25, -0.2) is 0 Å². The van der Waals surface area contributed by atoms with E-state index in [-0.39, 0.29) is 11.2 Å². The van der Waals surface area contributed by atoms with Crippen molar-refractivity contribution in [1.29, 1.82) is 0 Å². The maximum atomic E-state index is 11.4. The number of hydrogen-bond donors (Lipinski definition) is 1. The van der Waals surface area contributed by atoms with Gasteiger partial charge in [0.05, 0.1) is 7.11 Å². The molecule has 2 aromatic rings. The van der Waals surface area contributed by atoms with Gasteiger partial charge in [-0.15, -0.1) is 10.2 Å². The number of rotatable bonds is 5. The molecule has 0 aliphatic rings. The highest BCUT2D eigenvalue weighted by Crippen LogP contribution is 2.31. The average molecular weight is 323 g/mol. The molecule has 1 heterocycles. The zero-order chi connectivity index (χ0) is 15.4. The Kier molecular flexibility index (Phi) is 5.19. The number of carbonyl (C=O) groups excluding carboxylic acids is 1. The maximum Gasteiger partial charge on any atom is 0.318 e. The number of methoxy groups -OCH3 is 1. The Bertz CT molecular complexity index is 643. The van der Waals surface area contributed by atoms with E-state index in [0.29, 0.717) is 5.13 Å². The summed E-state index contributed by atoms with van der Waals surface area (Å²) >= 11 is 2.76. The van der Waals surface area contributed by atoms with E-state index in [9.17, 15) is 4.79 Å². The van der Waals surface area contributed by atoms with Gasteiger partial charge in [0.25, 0.3) is 0 Å². The molecule has 0 unspecified atom stereocenters. The molecule has 0 aliphatic heterocycles. The molecule has 0 amide bonds. The van der Waals surface area contributed by atoms with Gasteiger partial charge in [0.1, 0.15) is 5.25 Å². The molecule has 0 bridgehead atoms. The molecule has 5 nitrogen and oxygen atoms in total. The molecule has 7 heteroatoms. The Hall–Kier alpha value is -1.60. The van der Waals surface area contributed by atoms with Crippen LogP contribution in [0.15, 0.2) is 22.5 Å². The normalized spacial score (nSPS) is 12.0. The molecule has 2 rings (SSSR count). The highest BCUT2D eigenvalue weighted by atomic mass is 32.2. The van der Waals surface area contributed by atoms with Gasteiger partial charge in [0, 0.05) is 5.69 Å². The van der Waals surface area contributed by atoms with Crippen LogP contribution in [0.4, 0.5) is 10.8 Å². The van der Waals surface area contributed by atoms with E-state index in [0.717, 1.165) is 10.0 Å². The summed E-state index contributed by atoms with van der Waals surface area (Å²) in [6, 6.07) is 6.14. The monoisotopic (exact) mass is 323 g/mol. The van der Waals surface area contributed by atoms with E-state index in [1.54, 1.807) is 6.92 Å². The summed E-state index contributed by atoms with van der Waals surface area (Å²) in [5.74, 6) is -0.265. The minimum Gasteiger partial charge on any atom is -0.468 e. The number of aromatic nitrogens is 2. The summed E-state index contributed by atoms with van der Waals surface area (Å²) < 4.78 is 5.43. The van der Waals surface area contributed by atoms with Gasteiger partial charge < -0.3 is 10.1 Å². The smallest absolute Gasteiger partial charge is 0.318 e. The van der Waals surface area contributed by atoms with E-state index in [1.807, 2.05) is 6.07 Å². The van der Waals surface area contributed by atoms with Crippen LogP contribution in [-0.2, 0) is 9.53 Å². The fraction of sp³-hybridized carbons (Fsp3) is 0.357. The lowest BCUT2D eigenvalue weighted by Crippen LogP contribution is -2.14. The number of aryl methyl sites for hydroxylation is 2. The summed E-state index contributed by atoms with van der Waals surface area (Å²) in [4.78, 5) is 11.4. The van der Waals surface area contributed by atoms with Gasteiger partial charge in [-0.05, 0) is 44.0 Å². The molecule has 0 spiro atoms. The van der Waals surface area contributed by atoms with Crippen LogP contribution in [-0.4, -0.2) is 28.5 Å². The van der Waals surface area contributed by atoms with Crippen LogP contribution >= 0.6 is 23.1 Å². The van der Waals surface area contributed by atoms with Gasteiger partial charge in [-0.1, -0.05) is 29.2 Å². The molecule has 0 fully saturated rings. The van der Waals surface area contributed by atoms with Gasteiger partial charge >= 0.3 is 5.97 Å². The van der Waals surface area contributed by atoms with E-state index in [1.165, 1.54) is 41.3 Å². The van der Waals surface area contributed by atoms with Crippen LogP contribution in [0.25, 0.3) is 0 Å². The zero-order valence-electron chi connectivity index (χ0n) is 12.3. The summed E-state index contributed by atoms with van der Waals surface area (Å²) in [5.41, 5.74) is 3.45. The fourth-order valence-electron chi connectivity index (χ4n) is 1.62. The summed E-state index contributed by atoms with van der Waals surface area (Å²) in [6.07, 6.45) is 0. The molecule has 0 aliphatic carbocycles. The number of benzene rings is 1. The van der Waals surface area contributed by atoms with Crippen molar-refractivity contribution in [2.75, 3.05) is 12.4 Å². The van der Waals surface area contributed by atoms with Crippen LogP contribution in [0, 0.1) is 13.8 Å². The molecule has 0 saturated carbocycles. The molecule has 0 radical (unpaired) electrons. The van der Waals surface area contributed by atoms with Crippen LogP contribution in [0.1, 0.15) is 18.1 Å². The van der Waals surface area contributed by atoms with Crippen molar-refractivity contribution in [3.8, 4) is 0 Å². The molecule has 1 N–H and O–H groups in total. The highest BCUT2D eigenvalue weighted by molar-refractivity contribution is 8.02. The minimum atomic E-state index is -0.294. The van der Waals surface area contributed by atoms with Crippen molar-refractivity contribution in [3.05, 3.63) is 29.3 Å². The van der Waals surface area contributed by atoms with Gasteiger partial charge in [0.15, 0.2) is 4.34 Å². The Labute approximate surface area is 132 Å². The fourth-order valence-corrected chi connectivity index (χ4v) is 3.56. The first kappa shape index (κ1) is 15.8. The van der Waals surface area contributed by atoms with Crippen LogP contribution in [0.5, 0.6) is 0 Å². The van der Waals surface area contributed by atoms with Crippen LogP contribution in [0.2, 0.25) is 0 Å². The minimum absolute atomic E-state index is 0.265. The first-order valence-corrected chi connectivity index (χ1v) is 8.11. The summed E-state index contributed by atoms with van der Waals surface area (Å²) in [6.45, 7) is 5.93. The van der Waals surface area contributed by atoms with Crippen LogP contribution in [0.3, 0.4) is 0 Å². The number of thioether (sulfide) groups is 1. The maximum absolute atomic E-state index is 11.4. The van der Waals surface area contributed by atoms with Crippen LogP contribution < -0.4 is 5.32 Å². The van der Waals surface area contributed by atoms with E-state index < -0.39 is 0 Å². The largest absolute Gasteiger partial charge is 0.468 e. The molecule has 112 valence electrons. The number of anilines is 2. The lowest BCUT2D eigenvalue weighted by atomic mass is 10.1. The van der Waals surface area contributed by atoms with Crippen molar-refractivity contribution >= 4 is 39.9 Å². The van der Waals surface area contributed by atoms with Crippen molar-refractivity contribution in [2.24, 2.45) is 0 Å². The van der Waals surface area contributed by atoms with Crippen molar-refractivity contribution in [1.82, 2.24) is 10.2 Å². The number of esters is 1. The third-order valence-electron chi connectivity index (χ3n) is 2.98. The molecule has 1 atom stereocenters. The standard InChI is InChI=1S/C14H17N3O2S2/c1-8-5-6-11(7-9(8)2)15-13-16-17-14(21-13)20-10(3)12(18)19-4/h5-7,10H,1-4H3,(H,15,16)/t10-/m1/s1. The first-order chi connectivity index (χ1) is 9.99. The second-order valence-corrected chi connectivity index (χ2v) is 7.15. The second kappa shape index (κ2) is 6.91. The Morgan fingerprint density at radius 1 is 1.33 bits per heavy atom. The summed E-state index contributed by atoms with van der Waals surface area (Å²) in [5, 5.41) is 11.8. The quantitative estimate of drug-likeness (QED) is 0.670. The second-order valence-electron chi connectivity index (χ2n) is 4.58. The van der Waals surface area contributed by atoms with Crippen molar-refractivity contribution in [3.63, 3.8) is 0 Å². The lowest BCUT2D eigenvalue weighted by Gasteiger charge is -2.05. The number of ether oxygens (including phenoxy) is 1. The molecular weight excluding hydrogens is 306 g/mol. The van der Waals surface area contributed by atoms with Gasteiger partial charge in [0.2, 0.25) is 5.13 Å². The Morgan fingerprint density at radius 2 is 2.10 bits per heavy atom. The molecule has 21 heavy (non-hydrogen) atoms. The molecule has 0 saturated heterocycles. The Morgan fingerprint density at radius 3 is 2.76 bits per heavy atom. The van der Waals surface area contributed by atoms with Crippen molar-refractivity contribution in [2.45, 2.75) is 30.4 Å². The average Bonchev–Trinajstić information content (AvgIpc) is 2.89. The third kappa shape index (κ3) is 4.18. The van der Waals surface area contributed by atoms with Gasteiger partial charge in [-0.3, -0.25) is 4.79 Å². The van der Waals surface area contributed by atoms with Gasteiger partial charge in [-0.2, -0.15) is 0 Å². The SMILES string of the molecule is COC(=O)[C@@H](C)Sc1nnc(Nc2ccc(C)c(C)c2)s1. The van der Waals surface area contributed by atoms with E-state index >= 15 is 0 Å². The number of nitrogens with one attached hydrogen (secondary N) is 1. The zero-order valence-corrected chi connectivity index (χ0v) is 14.0. The molecule has 1 aromatic carbocycles. The summed E-state index contributed by atoms with van der Waals surface area (Å²) in [7, 11) is 1.38. The van der Waals surface area contributed by atoms with E-state index in [2.05, 4.69) is 41.5 Å². The number of nitrogens with zero attached hydrogens (tertiary/aromatic N) is 2. The Balaban J connectivity index is 2.02. The molecule has 1 aromatic heterocycles. The predicted molar refractivity (Wildman–Crippen MR) is 86.4 cm³/mol. The first-order valence-electron chi connectivity index (χ1n) is 6.42. The van der Waals surface area contributed by atoms with Crippen molar-refractivity contribution < 1.29 is 9.53 Å². The van der Waals surface area contributed by atoms with E-state index in [4.69, 9.17) is 4.74 Å². The third-order valence-corrected chi connectivity index (χ3v) is 4.98.